The highest BCUT2D eigenvalue weighted by atomic mass is 19.1. The van der Waals surface area contributed by atoms with Gasteiger partial charge < -0.3 is 15.1 Å². The molecular formula is C20H22FN3O2. The molecule has 26 heavy (non-hydrogen) atoms. The zero-order chi connectivity index (χ0) is 18.5. The van der Waals surface area contributed by atoms with Crippen LogP contribution in [0.2, 0.25) is 0 Å². The minimum absolute atomic E-state index is 0.0546. The Kier molecular flexibility index (Phi) is 5.51. The molecule has 6 heteroatoms. The third-order valence-corrected chi connectivity index (χ3v) is 4.55. The lowest BCUT2D eigenvalue weighted by atomic mass is 10.1. The van der Waals surface area contributed by atoms with Crippen LogP contribution in [0.5, 0.6) is 0 Å². The average Bonchev–Trinajstić information content (AvgIpc) is 2.68. The summed E-state index contributed by atoms with van der Waals surface area (Å²) in [6, 6.07) is 15.1. The molecule has 1 heterocycles. The molecule has 0 unspecified atom stereocenters. The first-order valence-corrected chi connectivity index (χ1v) is 8.70. The lowest BCUT2D eigenvalue weighted by Gasteiger charge is -2.37. The molecule has 2 amide bonds. The van der Waals surface area contributed by atoms with E-state index in [2.05, 4.69) is 22.3 Å². The number of hydrogen-bond acceptors (Lipinski definition) is 3. The van der Waals surface area contributed by atoms with Crippen molar-refractivity contribution < 1.29 is 14.0 Å². The van der Waals surface area contributed by atoms with Gasteiger partial charge >= 0.3 is 0 Å². The summed E-state index contributed by atoms with van der Waals surface area (Å²) in [5.74, 6) is -1.32. The Bertz CT molecular complexity index is 774. The summed E-state index contributed by atoms with van der Waals surface area (Å²) in [5.41, 5.74) is 1.08. The van der Waals surface area contributed by atoms with Gasteiger partial charge in [0, 0.05) is 31.9 Å². The molecule has 0 aliphatic carbocycles. The number of benzene rings is 2. The molecule has 0 saturated carbocycles. The summed E-state index contributed by atoms with van der Waals surface area (Å²) in [6.07, 6.45) is 0. The van der Waals surface area contributed by atoms with Crippen LogP contribution >= 0.6 is 0 Å². The third kappa shape index (κ3) is 4.02. The second kappa shape index (κ2) is 7.99. The molecule has 2 aromatic carbocycles. The van der Waals surface area contributed by atoms with Crippen LogP contribution in [0.4, 0.5) is 10.1 Å². The van der Waals surface area contributed by atoms with E-state index in [1.807, 2.05) is 18.2 Å². The molecule has 2 aromatic rings. The zero-order valence-electron chi connectivity index (χ0n) is 14.7. The highest BCUT2D eigenvalue weighted by Crippen LogP contribution is 2.16. The fourth-order valence-electron chi connectivity index (χ4n) is 3.08. The number of carbonyl (C=O) groups excluding carboxylic acids is 2. The molecular weight excluding hydrogens is 333 g/mol. The molecule has 0 spiro atoms. The quantitative estimate of drug-likeness (QED) is 0.916. The topological polar surface area (TPSA) is 52.7 Å². The van der Waals surface area contributed by atoms with Crippen LogP contribution < -0.4 is 10.2 Å². The van der Waals surface area contributed by atoms with E-state index < -0.39 is 17.8 Å². The predicted molar refractivity (Wildman–Crippen MR) is 98.6 cm³/mol. The van der Waals surface area contributed by atoms with E-state index in [1.54, 1.807) is 17.9 Å². The summed E-state index contributed by atoms with van der Waals surface area (Å²) in [5, 5.41) is 2.59. The van der Waals surface area contributed by atoms with Gasteiger partial charge in [-0.25, -0.2) is 4.39 Å². The standard InChI is InChI=1S/C20H22FN3O2/c1-15(22-19(25)17-9-5-6-10-18(17)21)20(26)24-13-11-23(12-14-24)16-7-3-2-4-8-16/h2-10,15H,11-14H2,1H3,(H,22,25)/t15-/m0/s1. The van der Waals surface area contributed by atoms with Gasteiger partial charge in [0.05, 0.1) is 5.56 Å². The SMILES string of the molecule is C[C@H](NC(=O)c1ccccc1F)C(=O)N1CCN(c2ccccc2)CC1. The first kappa shape index (κ1) is 17.9. The highest BCUT2D eigenvalue weighted by molar-refractivity contribution is 5.97. The van der Waals surface area contributed by atoms with Crippen LogP contribution in [0.15, 0.2) is 54.6 Å². The third-order valence-electron chi connectivity index (χ3n) is 4.55. The molecule has 1 N–H and O–H groups in total. The highest BCUT2D eigenvalue weighted by Gasteiger charge is 2.26. The van der Waals surface area contributed by atoms with E-state index >= 15 is 0 Å². The van der Waals surface area contributed by atoms with Crippen molar-refractivity contribution in [1.29, 1.82) is 0 Å². The van der Waals surface area contributed by atoms with Crippen molar-refractivity contribution in [2.24, 2.45) is 0 Å². The second-order valence-electron chi connectivity index (χ2n) is 6.32. The van der Waals surface area contributed by atoms with Gasteiger partial charge in [-0.2, -0.15) is 0 Å². The van der Waals surface area contributed by atoms with E-state index in [9.17, 15) is 14.0 Å². The van der Waals surface area contributed by atoms with E-state index in [0.29, 0.717) is 13.1 Å². The average molecular weight is 355 g/mol. The number of rotatable bonds is 4. The summed E-state index contributed by atoms with van der Waals surface area (Å²) in [6.45, 7) is 4.29. The minimum atomic E-state index is -0.703. The van der Waals surface area contributed by atoms with Crippen LogP contribution in [0.1, 0.15) is 17.3 Å². The monoisotopic (exact) mass is 355 g/mol. The van der Waals surface area contributed by atoms with Crippen molar-refractivity contribution in [3.8, 4) is 0 Å². The molecule has 1 fully saturated rings. The number of nitrogens with one attached hydrogen (secondary N) is 1. The van der Waals surface area contributed by atoms with Gasteiger partial charge in [0.15, 0.2) is 0 Å². The Morgan fingerprint density at radius 3 is 2.23 bits per heavy atom. The van der Waals surface area contributed by atoms with Gasteiger partial charge in [0.2, 0.25) is 5.91 Å². The minimum Gasteiger partial charge on any atom is -0.368 e. The maximum atomic E-state index is 13.7. The van der Waals surface area contributed by atoms with Crippen molar-refractivity contribution in [1.82, 2.24) is 10.2 Å². The van der Waals surface area contributed by atoms with Gasteiger partial charge in [-0.05, 0) is 31.2 Å². The van der Waals surface area contributed by atoms with Crippen LogP contribution in [0.3, 0.4) is 0 Å². The predicted octanol–water partition coefficient (Wildman–Crippen LogP) is 2.29. The molecule has 1 saturated heterocycles. The number of nitrogens with zero attached hydrogens (tertiary/aromatic N) is 2. The molecule has 0 radical (unpaired) electrons. The molecule has 0 bridgehead atoms. The number of piperazine rings is 1. The second-order valence-corrected chi connectivity index (χ2v) is 6.32. The number of carbonyl (C=O) groups is 2. The normalized spacial score (nSPS) is 15.5. The molecule has 1 aliphatic heterocycles. The zero-order valence-corrected chi connectivity index (χ0v) is 14.7. The Balaban J connectivity index is 1.55. The molecule has 1 aliphatic rings. The van der Waals surface area contributed by atoms with Crippen LogP contribution in [-0.4, -0.2) is 48.9 Å². The Morgan fingerprint density at radius 1 is 0.962 bits per heavy atom. The van der Waals surface area contributed by atoms with Gasteiger partial charge in [-0.3, -0.25) is 9.59 Å². The Labute approximate surface area is 152 Å². The number of anilines is 1. The number of halogens is 1. The van der Waals surface area contributed by atoms with Crippen molar-refractivity contribution in [2.45, 2.75) is 13.0 Å². The fourth-order valence-corrected chi connectivity index (χ4v) is 3.08. The van der Waals surface area contributed by atoms with Crippen molar-refractivity contribution in [3.63, 3.8) is 0 Å². The largest absolute Gasteiger partial charge is 0.368 e. The number of amides is 2. The first-order chi connectivity index (χ1) is 12.6. The van der Waals surface area contributed by atoms with E-state index in [-0.39, 0.29) is 11.5 Å². The van der Waals surface area contributed by atoms with Gasteiger partial charge in [0.1, 0.15) is 11.9 Å². The molecule has 1 atom stereocenters. The van der Waals surface area contributed by atoms with Crippen LogP contribution in [-0.2, 0) is 4.79 Å². The van der Waals surface area contributed by atoms with Crippen molar-refractivity contribution in [2.75, 3.05) is 31.1 Å². The van der Waals surface area contributed by atoms with Crippen LogP contribution in [0, 0.1) is 5.82 Å². The maximum Gasteiger partial charge on any atom is 0.254 e. The lowest BCUT2D eigenvalue weighted by Crippen LogP contribution is -2.54. The maximum absolute atomic E-state index is 13.7. The van der Waals surface area contributed by atoms with Gasteiger partial charge in [-0.15, -0.1) is 0 Å². The molecule has 0 aromatic heterocycles. The summed E-state index contributed by atoms with van der Waals surface area (Å²) in [7, 11) is 0. The van der Waals surface area contributed by atoms with E-state index in [0.717, 1.165) is 18.8 Å². The summed E-state index contributed by atoms with van der Waals surface area (Å²) < 4.78 is 13.7. The van der Waals surface area contributed by atoms with E-state index in [4.69, 9.17) is 0 Å². The Morgan fingerprint density at radius 2 is 1.58 bits per heavy atom. The molecule has 136 valence electrons. The van der Waals surface area contributed by atoms with Crippen molar-refractivity contribution in [3.05, 3.63) is 66.0 Å². The number of para-hydroxylation sites is 1. The van der Waals surface area contributed by atoms with Gasteiger partial charge in [-0.1, -0.05) is 30.3 Å². The molecule has 3 rings (SSSR count). The number of hydrogen-bond donors (Lipinski definition) is 1. The van der Waals surface area contributed by atoms with E-state index in [1.165, 1.54) is 18.2 Å². The lowest BCUT2D eigenvalue weighted by molar-refractivity contribution is -0.133. The fraction of sp³-hybridized carbons (Fsp3) is 0.300. The first-order valence-electron chi connectivity index (χ1n) is 8.70. The molecule has 5 nitrogen and oxygen atoms in total. The summed E-state index contributed by atoms with van der Waals surface area (Å²) in [4.78, 5) is 28.7. The van der Waals surface area contributed by atoms with Gasteiger partial charge in [0.25, 0.3) is 5.91 Å². The van der Waals surface area contributed by atoms with Crippen molar-refractivity contribution >= 4 is 17.5 Å². The summed E-state index contributed by atoms with van der Waals surface area (Å²) >= 11 is 0. The van der Waals surface area contributed by atoms with Crippen LogP contribution in [0.25, 0.3) is 0 Å². The smallest absolute Gasteiger partial charge is 0.254 e. The Hall–Kier alpha value is -2.89.